The van der Waals surface area contributed by atoms with Crippen LogP contribution in [0.3, 0.4) is 0 Å². The SMILES string of the molecule is Cc1nc(C(C)C)nc(SCC(C)C)c1C(=O)O. The summed E-state index contributed by atoms with van der Waals surface area (Å²) in [5.74, 6) is 1.31. The van der Waals surface area contributed by atoms with Crippen LogP contribution in [0.25, 0.3) is 0 Å². The smallest absolute Gasteiger partial charge is 0.340 e. The molecular formula is C13H20N2O2S. The van der Waals surface area contributed by atoms with Gasteiger partial charge in [0.15, 0.2) is 0 Å². The van der Waals surface area contributed by atoms with Crippen LogP contribution in [-0.4, -0.2) is 26.8 Å². The first-order chi connectivity index (χ1) is 8.32. The van der Waals surface area contributed by atoms with Gasteiger partial charge in [0.05, 0.1) is 5.69 Å². The Balaban J connectivity index is 3.20. The van der Waals surface area contributed by atoms with Gasteiger partial charge in [-0.25, -0.2) is 14.8 Å². The Morgan fingerprint density at radius 1 is 1.28 bits per heavy atom. The number of carboxylic acids is 1. The quantitative estimate of drug-likeness (QED) is 0.655. The summed E-state index contributed by atoms with van der Waals surface area (Å²) in [6.45, 7) is 9.95. The van der Waals surface area contributed by atoms with Crippen LogP contribution in [0.5, 0.6) is 0 Å². The lowest BCUT2D eigenvalue weighted by Crippen LogP contribution is -2.11. The third kappa shape index (κ3) is 3.70. The molecule has 0 bridgehead atoms. The topological polar surface area (TPSA) is 63.1 Å². The van der Waals surface area contributed by atoms with Gasteiger partial charge >= 0.3 is 5.97 Å². The molecule has 0 amide bonds. The highest BCUT2D eigenvalue weighted by Crippen LogP contribution is 2.26. The fourth-order valence-electron chi connectivity index (χ4n) is 1.42. The predicted octanol–water partition coefficient (Wildman–Crippen LogP) is 3.35. The van der Waals surface area contributed by atoms with Crippen LogP contribution in [0.2, 0.25) is 0 Å². The summed E-state index contributed by atoms with van der Waals surface area (Å²) < 4.78 is 0. The summed E-state index contributed by atoms with van der Waals surface area (Å²) in [6.07, 6.45) is 0. The Hall–Kier alpha value is -1.10. The second kappa shape index (κ2) is 6.18. The molecule has 0 radical (unpaired) electrons. The van der Waals surface area contributed by atoms with Crippen molar-refractivity contribution in [2.45, 2.75) is 45.6 Å². The van der Waals surface area contributed by atoms with Crippen molar-refractivity contribution in [3.63, 3.8) is 0 Å². The van der Waals surface area contributed by atoms with Crippen molar-refractivity contribution in [2.75, 3.05) is 5.75 Å². The van der Waals surface area contributed by atoms with E-state index in [1.165, 1.54) is 11.8 Å². The summed E-state index contributed by atoms with van der Waals surface area (Å²) in [4.78, 5) is 19.9. The molecule has 0 aromatic carbocycles. The van der Waals surface area contributed by atoms with Gasteiger partial charge < -0.3 is 5.11 Å². The van der Waals surface area contributed by atoms with Crippen molar-refractivity contribution in [3.8, 4) is 0 Å². The molecule has 100 valence electrons. The molecule has 1 N–H and O–H groups in total. The molecule has 0 unspecified atom stereocenters. The average molecular weight is 268 g/mol. The number of aromatic nitrogens is 2. The molecule has 1 aromatic heterocycles. The van der Waals surface area contributed by atoms with Crippen LogP contribution in [0.15, 0.2) is 5.03 Å². The van der Waals surface area contributed by atoms with E-state index in [2.05, 4.69) is 23.8 Å². The largest absolute Gasteiger partial charge is 0.478 e. The summed E-state index contributed by atoms with van der Waals surface area (Å²) in [6, 6.07) is 0. The van der Waals surface area contributed by atoms with Crippen molar-refractivity contribution in [1.82, 2.24) is 9.97 Å². The molecule has 0 saturated carbocycles. The number of aryl methyl sites for hydroxylation is 1. The molecule has 5 heteroatoms. The Morgan fingerprint density at radius 2 is 1.89 bits per heavy atom. The number of carboxylic acid groups (broad SMARTS) is 1. The highest BCUT2D eigenvalue weighted by molar-refractivity contribution is 7.99. The van der Waals surface area contributed by atoms with Crippen LogP contribution in [0.4, 0.5) is 0 Å². The van der Waals surface area contributed by atoms with E-state index in [1.807, 2.05) is 13.8 Å². The maximum atomic E-state index is 11.3. The number of aromatic carboxylic acids is 1. The van der Waals surface area contributed by atoms with Gasteiger partial charge in [-0.1, -0.05) is 27.7 Å². The number of carbonyl (C=O) groups is 1. The number of nitrogens with zero attached hydrogens (tertiary/aromatic N) is 2. The van der Waals surface area contributed by atoms with Gasteiger partial charge in [-0.05, 0) is 12.8 Å². The zero-order valence-electron chi connectivity index (χ0n) is 11.5. The molecule has 0 aliphatic heterocycles. The van der Waals surface area contributed by atoms with E-state index in [9.17, 15) is 9.90 Å². The van der Waals surface area contributed by atoms with Gasteiger partial charge in [0, 0.05) is 11.7 Å². The summed E-state index contributed by atoms with van der Waals surface area (Å²) in [7, 11) is 0. The number of thioether (sulfide) groups is 1. The minimum Gasteiger partial charge on any atom is -0.478 e. The molecule has 1 heterocycles. The molecule has 0 fully saturated rings. The van der Waals surface area contributed by atoms with E-state index >= 15 is 0 Å². The van der Waals surface area contributed by atoms with Crippen molar-refractivity contribution in [3.05, 3.63) is 17.1 Å². The van der Waals surface area contributed by atoms with Crippen LogP contribution in [0.1, 0.15) is 55.5 Å². The molecule has 4 nitrogen and oxygen atoms in total. The van der Waals surface area contributed by atoms with Crippen molar-refractivity contribution in [1.29, 1.82) is 0 Å². The minimum absolute atomic E-state index is 0.199. The Kier molecular flexibility index (Phi) is 5.14. The summed E-state index contributed by atoms with van der Waals surface area (Å²) >= 11 is 1.50. The lowest BCUT2D eigenvalue weighted by molar-refractivity contribution is 0.0690. The monoisotopic (exact) mass is 268 g/mol. The van der Waals surface area contributed by atoms with E-state index < -0.39 is 5.97 Å². The Morgan fingerprint density at radius 3 is 2.33 bits per heavy atom. The number of rotatable bonds is 5. The molecule has 1 rings (SSSR count). The van der Waals surface area contributed by atoms with Crippen LogP contribution >= 0.6 is 11.8 Å². The predicted molar refractivity (Wildman–Crippen MR) is 73.4 cm³/mol. The Bertz CT molecular complexity index is 445. The second-order valence-electron chi connectivity index (χ2n) is 5.01. The first-order valence-corrected chi connectivity index (χ1v) is 7.06. The van der Waals surface area contributed by atoms with Gasteiger partial charge in [-0.15, -0.1) is 11.8 Å². The molecule has 0 aliphatic carbocycles. The normalized spacial score (nSPS) is 11.3. The van der Waals surface area contributed by atoms with Crippen LogP contribution in [0, 0.1) is 12.8 Å². The van der Waals surface area contributed by atoms with E-state index in [1.54, 1.807) is 6.92 Å². The fourth-order valence-corrected chi connectivity index (χ4v) is 2.45. The molecule has 0 aliphatic rings. The van der Waals surface area contributed by atoms with Gasteiger partial charge in [-0.3, -0.25) is 0 Å². The van der Waals surface area contributed by atoms with E-state index in [0.717, 1.165) is 5.75 Å². The zero-order valence-corrected chi connectivity index (χ0v) is 12.3. The molecule has 0 spiro atoms. The number of hydrogen-bond donors (Lipinski definition) is 1. The maximum Gasteiger partial charge on any atom is 0.340 e. The lowest BCUT2D eigenvalue weighted by Gasteiger charge is -2.12. The van der Waals surface area contributed by atoms with Crippen molar-refractivity contribution in [2.24, 2.45) is 5.92 Å². The molecular weight excluding hydrogens is 248 g/mol. The van der Waals surface area contributed by atoms with Gasteiger partial charge in [-0.2, -0.15) is 0 Å². The lowest BCUT2D eigenvalue weighted by atomic mass is 10.2. The van der Waals surface area contributed by atoms with Crippen LogP contribution < -0.4 is 0 Å². The van der Waals surface area contributed by atoms with Gasteiger partial charge in [0.2, 0.25) is 0 Å². The standard InChI is InChI=1S/C13H20N2O2S/c1-7(2)6-18-12-10(13(16)17)9(5)14-11(15-12)8(3)4/h7-8H,6H2,1-5H3,(H,16,17). The average Bonchev–Trinajstić information content (AvgIpc) is 2.24. The van der Waals surface area contributed by atoms with Crippen LogP contribution in [-0.2, 0) is 0 Å². The summed E-state index contributed by atoms with van der Waals surface area (Å²) in [5.41, 5.74) is 0.789. The van der Waals surface area contributed by atoms with E-state index in [4.69, 9.17) is 0 Å². The highest BCUT2D eigenvalue weighted by Gasteiger charge is 2.19. The maximum absolute atomic E-state index is 11.3. The van der Waals surface area contributed by atoms with E-state index in [0.29, 0.717) is 22.5 Å². The van der Waals surface area contributed by atoms with E-state index in [-0.39, 0.29) is 11.5 Å². The second-order valence-corrected chi connectivity index (χ2v) is 6.02. The van der Waals surface area contributed by atoms with Gasteiger partial charge in [0.1, 0.15) is 16.4 Å². The molecule has 1 aromatic rings. The fraction of sp³-hybridized carbons (Fsp3) is 0.615. The molecule has 0 saturated heterocycles. The van der Waals surface area contributed by atoms with Crippen molar-refractivity contribution >= 4 is 17.7 Å². The summed E-state index contributed by atoms with van der Waals surface area (Å²) in [5, 5.41) is 9.84. The third-order valence-electron chi connectivity index (χ3n) is 2.36. The minimum atomic E-state index is -0.950. The first-order valence-electron chi connectivity index (χ1n) is 6.07. The zero-order chi connectivity index (χ0) is 13.9. The molecule has 0 atom stereocenters. The van der Waals surface area contributed by atoms with Gasteiger partial charge in [0.25, 0.3) is 0 Å². The van der Waals surface area contributed by atoms with Crippen molar-refractivity contribution < 1.29 is 9.90 Å². The highest BCUT2D eigenvalue weighted by atomic mass is 32.2. The Labute approximate surface area is 112 Å². The number of hydrogen-bond acceptors (Lipinski definition) is 4. The third-order valence-corrected chi connectivity index (χ3v) is 3.76. The molecule has 18 heavy (non-hydrogen) atoms. The first kappa shape index (κ1) is 15.0.